The van der Waals surface area contributed by atoms with E-state index in [4.69, 9.17) is 9.47 Å². The third-order valence-corrected chi connectivity index (χ3v) is 3.32. The number of benzene rings is 2. The summed E-state index contributed by atoms with van der Waals surface area (Å²) in [5.74, 6) is 2.12. The zero-order valence-electron chi connectivity index (χ0n) is 11.7. The highest BCUT2D eigenvalue weighted by molar-refractivity contribution is 5.83. The first-order chi connectivity index (χ1) is 9.72. The van der Waals surface area contributed by atoms with Crippen molar-refractivity contribution in [1.29, 1.82) is 0 Å². The molecule has 1 heterocycles. The van der Waals surface area contributed by atoms with Crippen LogP contribution in [0.25, 0.3) is 0 Å². The first-order valence-electron chi connectivity index (χ1n) is 6.76. The number of fused-ring (bicyclic) bond motifs is 1. The summed E-state index contributed by atoms with van der Waals surface area (Å²) < 4.78 is 10.6. The third kappa shape index (κ3) is 2.67. The van der Waals surface area contributed by atoms with E-state index < -0.39 is 0 Å². The molecule has 1 aliphatic rings. The van der Waals surface area contributed by atoms with Crippen LogP contribution in [0.2, 0.25) is 0 Å². The summed E-state index contributed by atoms with van der Waals surface area (Å²) in [4.78, 5) is 4.48. The molecule has 0 aromatic heterocycles. The van der Waals surface area contributed by atoms with Crippen LogP contribution in [0, 0.1) is 0 Å². The highest BCUT2D eigenvalue weighted by Crippen LogP contribution is 2.32. The molecular formula is C17H17NO2. The normalized spacial score (nSPS) is 13.3. The van der Waals surface area contributed by atoms with Crippen molar-refractivity contribution in [2.24, 2.45) is 4.99 Å². The molecule has 0 N–H and O–H groups in total. The van der Waals surface area contributed by atoms with Crippen molar-refractivity contribution in [3.63, 3.8) is 0 Å². The Morgan fingerprint density at radius 1 is 1.00 bits per heavy atom. The zero-order valence-corrected chi connectivity index (χ0v) is 11.7. The van der Waals surface area contributed by atoms with E-state index in [1.54, 1.807) is 0 Å². The highest BCUT2D eigenvalue weighted by Gasteiger charge is 2.12. The van der Waals surface area contributed by atoms with Crippen molar-refractivity contribution in [3.8, 4) is 11.5 Å². The Labute approximate surface area is 118 Å². The summed E-state index contributed by atoms with van der Waals surface area (Å²) in [5.41, 5.74) is 3.28. The molecule has 2 aromatic rings. The Balaban J connectivity index is 1.76. The molecule has 0 fully saturated rings. The maximum Gasteiger partial charge on any atom is 0.231 e. The topological polar surface area (TPSA) is 30.8 Å². The summed E-state index contributed by atoms with van der Waals surface area (Å²) in [6, 6.07) is 14.1. The van der Waals surface area contributed by atoms with Gasteiger partial charge in [0.05, 0.1) is 5.69 Å². The van der Waals surface area contributed by atoms with E-state index >= 15 is 0 Å². The van der Waals surface area contributed by atoms with E-state index in [1.807, 2.05) is 36.5 Å². The minimum absolute atomic E-state index is 0.298. The Morgan fingerprint density at radius 3 is 2.50 bits per heavy atom. The molecule has 3 heteroatoms. The van der Waals surface area contributed by atoms with Crippen LogP contribution in [-0.2, 0) is 0 Å². The Kier molecular flexibility index (Phi) is 3.42. The van der Waals surface area contributed by atoms with Crippen molar-refractivity contribution in [2.75, 3.05) is 6.79 Å². The maximum absolute atomic E-state index is 5.35. The van der Waals surface area contributed by atoms with Crippen LogP contribution in [-0.4, -0.2) is 13.0 Å². The van der Waals surface area contributed by atoms with E-state index in [0.29, 0.717) is 12.7 Å². The van der Waals surface area contributed by atoms with Crippen LogP contribution in [0.1, 0.15) is 30.9 Å². The van der Waals surface area contributed by atoms with Gasteiger partial charge in [0.1, 0.15) is 0 Å². The molecule has 3 rings (SSSR count). The molecule has 0 atom stereocenters. The lowest BCUT2D eigenvalue weighted by atomic mass is 10.0. The average molecular weight is 267 g/mol. The quantitative estimate of drug-likeness (QED) is 0.777. The molecule has 3 nitrogen and oxygen atoms in total. The van der Waals surface area contributed by atoms with E-state index in [1.165, 1.54) is 5.56 Å². The Bertz CT molecular complexity index is 630. The fraction of sp³-hybridized carbons (Fsp3) is 0.235. The lowest BCUT2D eigenvalue weighted by molar-refractivity contribution is 0.174. The predicted molar refractivity (Wildman–Crippen MR) is 80.4 cm³/mol. The van der Waals surface area contributed by atoms with Crippen LogP contribution < -0.4 is 9.47 Å². The van der Waals surface area contributed by atoms with Gasteiger partial charge in [0, 0.05) is 6.21 Å². The van der Waals surface area contributed by atoms with Crippen LogP contribution in [0.3, 0.4) is 0 Å². The molecule has 102 valence electrons. The molecule has 0 spiro atoms. The van der Waals surface area contributed by atoms with Gasteiger partial charge in [-0.05, 0) is 47.4 Å². The minimum Gasteiger partial charge on any atom is -0.454 e. The van der Waals surface area contributed by atoms with Crippen LogP contribution >= 0.6 is 0 Å². The number of rotatable bonds is 3. The van der Waals surface area contributed by atoms with Gasteiger partial charge in [-0.25, -0.2) is 0 Å². The number of hydrogen-bond acceptors (Lipinski definition) is 3. The Hall–Kier alpha value is -2.29. The van der Waals surface area contributed by atoms with E-state index in [0.717, 1.165) is 22.7 Å². The first kappa shape index (κ1) is 12.7. The van der Waals surface area contributed by atoms with Gasteiger partial charge in [-0.3, -0.25) is 4.99 Å². The first-order valence-corrected chi connectivity index (χ1v) is 6.76. The molecule has 0 unspecified atom stereocenters. The van der Waals surface area contributed by atoms with E-state index in [2.05, 4.69) is 31.0 Å². The molecule has 0 saturated heterocycles. The molecule has 0 saturated carbocycles. The van der Waals surface area contributed by atoms with Gasteiger partial charge in [0.25, 0.3) is 0 Å². The molecule has 1 aliphatic heterocycles. The van der Waals surface area contributed by atoms with Crippen molar-refractivity contribution in [1.82, 2.24) is 0 Å². The summed E-state index contributed by atoms with van der Waals surface area (Å²) in [5, 5.41) is 0. The fourth-order valence-electron chi connectivity index (χ4n) is 2.09. The SMILES string of the molecule is CC(C)c1ccc(N=Cc2ccc3c(c2)OCO3)cc1. The van der Waals surface area contributed by atoms with Gasteiger partial charge in [-0.1, -0.05) is 26.0 Å². The van der Waals surface area contributed by atoms with Crippen LogP contribution in [0.4, 0.5) is 5.69 Å². The molecule has 0 aliphatic carbocycles. The minimum atomic E-state index is 0.298. The predicted octanol–water partition coefficient (Wildman–Crippen LogP) is 4.29. The monoisotopic (exact) mass is 267 g/mol. The van der Waals surface area contributed by atoms with E-state index in [-0.39, 0.29) is 0 Å². The largest absolute Gasteiger partial charge is 0.454 e. The van der Waals surface area contributed by atoms with Gasteiger partial charge >= 0.3 is 0 Å². The Morgan fingerprint density at radius 2 is 1.75 bits per heavy atom. The molecule has 2 aromatic carbocycles. The second kappa shape index (κ2) is 5.37. The van der Waals surface area contributed by atoms with Gasteiger partial charge in [-0.15, -0.1) is 0 Å². The van der Waals surface area contributed by atoms with Crippen molar-refractivity contribution >= 4 is 11.9 Å². The van der Waals surface area contributed by atoms with Gasteiger partial charge in [0.2, 0.25) is 6.79 Å². The van der Waals surface area contributed by atoms with Crippen LogP contribution in [0.5, 0.6) is 11.5 Å². The number of aliphatic imine (C=N–C) groups is 1. The van der Waals surface area contributed by atoms with E-state index in [9.17, 15) is 0 Å². The number of hydrogen-bond donors (Lipinski definition) is 0. The molecule has 0 bridgehead atoms. The summed E-state index contributed by atoms with van der Waals surface area (Å²) in [6.45, 7) is 4.67. The van der Waals surface area contributed by atoms with Crippen molar-refractivity contribution in [2.45, 2.75) is 19.8 Å². The molecule has 0 radical (unpaired) electrons. The summed E-state index contributed by atoms with van der Waals surface area (Å²) in [7, 11) is 0. The number of ether oxygens (including phenoxy) is 2. The standard InChI is InChI=1S/C17H17NO2/c1-12(2)14-4-6-15(7-5-14)18-10-13-3-8-16-17(9-13)20-11-19-16/h3-10,12H,11H2,1-2H3. The maximum atomic E-state index is 5.35. The summed E-state index contributed by atoms with van der Waals surface area (Å²) >= 11 is 0. The second-order valence-corrected chi connectivity index (χ2v) is 5.12. The smallest absolute Gasteiger partial charge is 0.231 e. The lowest BCUT2D eigenvalue weighted by Gasteiger charge is -2.04. The lowest BCUT2D eigenvalue weighted by Crippen LogP contribution is -1.92. The number of nitrogens with zero attached hydrogens (tertiary/aromatic N) is 1. The average Bonchev–Trinajstić information content (AvgIpc) is 2.93. The molecular weight excluding hydrogens is 250 g/mol. The summed E-state index contributed by atoms with van der Waals surface area (Å²) in [6.07, 6.45) is 1.84. The molecule has 0 amide bonds. The third-order valence-electron chi connectivity index (χ3n) is 3.32. The van der Waals surface area contributed by atoms with Crippen molar-refractivity contribution < 1.29 is 9.47 Å². The second-order valence-electron chi connectivity index (χ2n) is 5.12. The van der Waals surface area contributed by atoms with Crippen LogP contribution in [0.15, 0.2) is 47.5 Å². The highest BCUT2D eigenvalue weighted by atomic mass is 16.7. The zero-order chi connectivity index (χ0) is 13.9. The van der Waals surface area contributed by atoms with Crippen molar-refractivity contribution in [3.05, 3.63) is 53.6 Å². The van der Waals surface area contributed by atoms with Gasteiger partial charge < -0.3 is 9.47 Å². The molecule has 20 heavy (non-hydrogen) atoms. The van der Waals surface area contributed by atoms with Gasteiger partial charge in [-0.2, -0.15) is 0 Å². The van der Waals surface area contributed by atoms with Gasteiger partial charge in [0.15, 0.2) is 11.5 Å². The fourth-order valence-corrected chi connectivity index (χ4v) is 2.09.